The van der Waals surface area contributed by atoms with E-state index in [4.69, 9.17) is 0 Å². The Morgan fingerprint density at radius 3 is 2.83 bits per heavy atom. The third-order valence-corrected chi connectivity index (χ3v) is 5.94. The minimum Gasteiger partial charge on any atom is -0.340 e. The van der Waals surface area contributed by atoms with Gasteiger partial charge in [0.1, 0.15) is 18.2 Å². The molecule has 2 aromatic heterocycles. The summed E-state index contributed by atoms with van der Waals surface area (Å²) < 4.78 is 2.85. The molecule has 0 spiro atoms. The van der Waals surface area contributed by atoms with Gasteiger partial charge in [-0.05, 0) is 53.0 Å². The van der Waals surface area contributed by atoms with Gasteiger partial charge in [-0.1, -0.05) is 19.1 Å². The third kappa shape index (κ3) is 4.38. The molecule has 3 aromatic rings. The molecule has 1 aliphatic rings. The number of hydrogen-bond acceptors (Lipinski definition) is 4. The Labute approximate surface area is 183 Å². The van der Waals surface area contributed by atoms with E-state index >= 15 is 0 Å². The van der Waals surface area contributed by atoms with Crippen LogP contribution in [0.3, 0.4) is 0 Å². The van der Waals surface area contributed by atoms with Crippen molar-refractivity contribution in [1.29, 1.82) is 0 Å². The first-order valence-electron chi connectivity index (χ1n) is 10.2. The Balaban J connectivity index is 1.44. The molecule has 1 aliphatic heterocycles. The molecule has 0 saturated carbocycles. The highest BCUT2D eigenvalue weighted by Crippen LogP contribution is 2.21. The van der Waals surface area contributed by atoms with Crippen molar-refractivity contribution in [3.63, 3.8) is 0 Å². The zero-order chi connectivity index (χ0) is 21.1. The lowest BCUT2D eigenvalue weighted by Gasteiger charge is -2.32. The molecule has 156 valence electrons. The van der Waals surface area contributed by atoms with Gasteiger partial charge in [-0.25, -0.2) is 9.97 Å². The van der Waals surface area contributed by atoms with Gasteiger partial charge in [0.2, 0.25) is 11.8 Å². The predicted molar refractivity (Wildman–Crippen MR) is 119 cm³/mol. The first kappa shape index (κ1) is 20.5. The number of halogens is 1. The number of imidazole rings is 1. The second-order valence-electron chi connectivity index (χ2n) is 7.49. The lowest BCUT2D eigenvalue weighted by atomic mass is 9.97. The Bertz CT molecular complexity index is 1060. The second-order valence-corrected chi connectivity index (χ2v) is 8.40. The number of anilines is 1. The summed E-state index contributed by atoms with van der Waals surface area (Å²) in [6.07, 6.45) is 3.98. The molecule has 1 unspecified atom stereocenters. The molecule has 1 N–H and O–H groups in total. The highest BCUT2D eigenvalue weighted by Gasteiger charge is 2.29. The molecular weight excluding hydrogens is 446 g/mol. The normalized spacial score (nSPS) is 16.6. The van der Waals surface area contributed by atoms with E-state index in [-0.39, 0.29) is 24.3 Å². The summed E-state index contributed by atoms with van der Waals surface area (Å²) >= 11 is 3.34. The van der Waals surface area contributed by atoms with Crippen molar-refractivity contribution in [3.05, 3.63) is 52.9 Å². The van der Waals surface area contributed by atoms with Crippen LogP contribution in [0.15, 0.2) is 47.1 Å². The number of amides is 2. The molecule has 30 heavy (non-hydrogen) atoms. The third-order valence-electron chi connectivity index (χ3n) is 5.47. The van der Waals surface area contributed by atoms with Crippen LogP contribution in [0.5, 0.6) is 0 Å². The Kier molecular flexibility index (Phi) is 6.13. The van der Waals surface area contributed by atoms with Crippen molar-refractivity contribution in [2.45, 2.75) is 32.7 Å². The number of carbonyl (C=O) groups excluding carboxylic acids is 2. The number of aromatic nitrogens is 3. The van der Waals surface area contributed by atoms with Crippen LogP contribution in [-0.4, -0.2) is 44.3 Å². The van der Waals surface area contributed by atoms with Crippen LogP contribution >= 0.6 is 15.9 Å². The number of fused-ring (bicyclic) bond motifs is 1. The highest BCUT2D eigenvalue weighted by atomic mass is 79.9. The summed E-state index contributed by atoms with van der Waals surface area (Å²) in [6.45, 7) is 3.38. The number of para-hydroxylation sites is 2. The summed E-state index contributed by atoms with van der Waals surface area (Å²) in [4.78, 5) is 36.4. The summed E-state index contributed by atoms with van der Waals surface area (Å²) in [7, 11) is 0. The van der Waals surface area contributed by atoms with Crippen LogP contribution < -0.4 is 5.32 Å². The first-order chi connectivity index (χ1) is 14.5. The number of piperidine rings is 1. The standard InChI is InChI=1S/C22H24BrN5O2/c1-2-20-25-17-7-3-4-8-18(17)28(20)14-21(29)27-11-5-6-15(13-27)22(30)26-19-10-9-16(23)12-24-19/h3-4,7-10,12,15H,2,5-6,11,13-14H2,1H3,(H,24,26,30). The summed E-state index contributed by atoms with van der Waals surface area (Å²) in [5.41, 5.74) is 1.87. The lowest BCUT2D eigenvalue weighted by Crippen LogP contribution is -2.45. The fourth-order valence-electron chi connectivity index (χ4n) is 3.90. The van der Waals surface area contributed by atoms with Crippen LogP contribution in [0, 0.1) is 5.92 Å². The van der Waals surface area contributed by atoms with Gasteiger partial charge in [-0.2, -0.15) is 0 Å². The number of nitrogens with one attached hydrogen (secondary N) is 1. The predicted octanol–water partition coefficient (Wildman–Crippen LogP) is 3.63. The SMILES string of the molecule is CCc1nc2ccccc2n1CC(=O)N1CCCC(C(=O)Nc2ccc(Br)cn2)C1. The number of aryl methyl sites for hydroxylation is 1. The number of benzene rings is 1. The van der Waals surface area contributed by atoms with Crippen LogP contribution in [0.2, 0.25) is 0 Å². The van der Waals surface area contributed by atoms with Crippen LogP contribution in [0.25, 0.3) is 11.0 Å². The average molecular weight is 470 g/mol. The average Bonchev–Trinajstić information content (AvgIpc) is 3.13. The fourth-order valence-corrected chi connectivity index (χ4v) is 4.14. The molecule has 4 rings (SSSR count). The van der Waals surface area contributed by atoms with Crippen LogP contribution in [-0.2, 0) is 22.6 Å². The van der Waals surface area contributed by atoms with Gasteiger partial charge in [0.05, 0.1) is 17.0 Å². The van der Waals surface area contributed by atoms with E-state index in [0.717, 1.165) is 40.6 Å². The molecule has 1 fully saturated rings. The lowest BCUT2D eigenvalue weighted by molar-refractivity contribution is -0.135. The Morgan fingerprint density at radius 1 is 1.23 bits per heavy atom. The van der Waals surface area contributed by atoms with Gasteiger partial charge in [0, 0.05) is 30.2 Å². The van der Waals surface area contributed by atoms with Gasteiger partial charge in [-0.3, -0.25) is 9.59 Å². The van der Waals surface area contributed by atoms with E-state index in [1.54, 1.807) is 17.2 Å². The van der Waals surface area contributed by atoms with Gasteiger partial charge < -0.3 is 14.8 Å². The fraction of sp³-hybridized carbons (Fsp3) is 0.364. The Hall–Kier alpha value is -2.74. The largest absolute Gasteiger partial charge is 0.340 e. The smallest absolute Gasteiger partial charge is 0.242 e. The molecule has 1 aromatic carbocycles. The van der Waals surface area contributed by atoms with Gasteiger partial charge in [0.25, 0.3) is 0 Å². The maximum Gasteiger partial charge on any atom is 0.242 e. The molecule has 7 nitrogen and oxygen atoms in total. The van der Waals surface area contributed by atoms with Gasteiger partial charge >= 0.3 is 0 Å². The van der Waals surface area contributed by atoms with Crippen molar-refractivity contribution in [2.75, 3.05) is 18.4 Å². The van der Waals surface area contributed by atoms with Gasteiger partial charge in [0.15, 0.2) is 0 Å². The maximum atomic E-state index is 13.1. The van der Waals surface area contributed by atoms with Crippen molar-refractivity contribution in [2.24, 2.45) is 5.92 Å². The monoisotopic (exact) mass is 469 g/mol. The minimum atomic E-state index is -0.238. The minimum absolute atomic E-state index is 0.0205. The molecule has 0 radical (unpaired) electrons. The number of pyridine rings is 1. The summed E-state index contributed by atoms with van der Waals surface area (Å²) in [5.74, 6) is 1.11. The summed E-state index contributed by atoms with van der Waals surface area (Å²) in [5, 5.41) is 2.86. The van der Waals surface area contributed by atoms with E-state index in [1.165, 1.54) is 0 Å². The van der Waals surface area contributed by atoms with Crippen LogP contribution in [0.1, 0.15) is 25.6 Å². The highest BCUT2D eigenvalue weighted by molar-refractivity contribution is 9.10. The van der Waals surface area contributed by atoms with Crippen molar-refractivity contribution in [1.82, 2.24) is 19.4 Å². The topological polar surface area (TPSA) is 80.1 Å². The molecule has 8 heteroatoms. The molecule has 2 amide bonds. The van der Waals surface area contributed by atoms with Crippen molar-refractivity contribution < 1.29 is 9.59 Å². The second kappa shape index (κ2) is 8.95. The van der Waals surface area contributed by atoms with E-state index in [1.807, 2.05) is 41.8 Å². The molecule has 3 heterocycles. The van der Waals surface area contributed by atoms with Gasteiger partial charge in [-0.15, -0.1) is 0 Å². The zero-order valence-electron chi connectivity index (χ0n) is 16.8. The summed E-state index contributed by atoms with van der Waals surface area (Å²) in [6, 6.07) is 11.5. The molecule has 1 atom stereocenters. The maximum absolute atomic E-state index is 13.1. The first-order valence-corrected chi connectivity index (χ1v) is 11.0. The number of hydrogen-bond donors (Lipinski definition) is 1. The molecule has 0 aliphatic carbocycles. The zero-order valence-corrected chi connectivity index (χ0v) is 18.4. The quantitative estimate of drug-likeness (QED) is 0.618. The molecular formula is C22H24BrN5O2. The molecule has 0 bridgehead atoms. The molecule has 1 saturated heterocycles. The number of nitrogens with zero attached hydrogens (tertiary/aromatic N) is 4. The van der Waals surface area contributed by atoms with E-state index in [0.29, 0.717) is 18.9 Å². The Morgan fingerprint density at radius 2 is 2.07 bits per heavy atom. The number of rotatable bonds is 5. The van der Waals surface area contributed by atoms with E-state index < -0.39 is 0 Å². The number of carbonyl (C=O) groups is 2. The van der Waals surface area contributed by atoms with Crippen LogP contribution in [0.4, 0.5) is 5.82 Å². The van der Waals surface area contributed by atoms with Crippen molar-refractivity contribution in [3.8, 4) is 0 Å². The van der Waals surface area contributed by atoms with E-state index in [2.05, 4.69) is 31.2 Å². The number of likely N-dealkylation sites (tertiary alicyclic amines) is 1. The van der Waals surface area contributed by atoms with E-state index in [9.17, 15) is 9.59 Å². The van der Waals surface area contributed by atoms with Crippen molar-refractivity contribution >= 4 is 44.6 Å².